The van der Waals surface area contributed by atoms with Gasteiger partial charge in [0.2, 0.25) is 5.91 Å². The lowest BCUT2D eigenvalue weighted by Crippen LogP contribution is -2.36. The van der Waals surface area contributed by atoms with Gasteiger partial charge < -0.3 is 10.1 Å². The molecule has 0 radical (unpaired) electrons. The first-order valence-electron chi connectivity index (χ1n) is 8.89. The van der Waals surface area contributed by atoms with Crippen LogP contribution in [0.3, 0.4) is 0 Å². The smallest absolute Gasteiger partial charge is 0.235 e. The molecule has 5 nitrogen and oxygen atoms in total. The molecule has 1 aliphatic heterocycles. The van der Waals surface area contributed by atoms with Crippen molar-refractivity contribution in [1.29, 1.82) is 0 Å². The Bertz CT molecular complexity index is 899. The van der Waals surface area contributed by atoms with Crippen LogP contribution in [0.5, 0.6) is 5.75 Å². The highest BCUT2D eigenvalue weighted by atomic mass is 79.9. The van der Waals surface area contributed by atoms with Gasteiger partial charge in [-0.05, 0) is 36.6 Å². The van der Waals surface area contributed by atoms with Gasteiger partial charge in [0.1, 0.15) is 11.5 Å². The highest BCUT2D eigenvalue weighted by Gasteiger charge is 2.25. The van der Waals surface area contributed by atoms with E-state index in [0.29, 0.717) is 25.9 Å². The van der Waals surface area contributed by atoms with E-state index in [1.807, 2.05) is 48.5 Å². The topological polar surface area (TPSA) is 72.5 Å². The first-order chi connectivity index (χ1) is 12.9. The maximum atomic E-state index is 12.3. The van der Waals surface area contributed by atoms with E-state index < -0.39 is 21.5 Å². The third kappa shape index (κ3) is 5.81. The monoisotopic (exact) mass is 451 g/mol. The fraction of sp³-hybridized carbons (Fsp3) is 0.350. The molecule has 2 aromatic carbocycles. The van der Waals surface area contributed by atoms with Crippen LogP contribution in [0.2, 0.25) is 0 Å². The lowest BCUT2D eigenvalue weighted by Gasteiger charge is -2.27. The normalized spacial score (nSPS) is 16.3. The van der Waals surface area contributed by atoms with Crippen molar-refractivity contribution in [2.24, 2.45) is 0 Å². The number of ether oxygens (including phenoxy) is 1. The van der Waals surface area contributed by atoms with E-state index in [2.05, 4.69) is 21.2 Å². The van der Waals surface area contributed by atoms with Crippen LogP contribution in [0.25, 0.3) is 0 Å². The second kappa shape index (κ2) is 8.89. The van der Waals surface area contributed by atoms with Crippen LogP contribution in [0.15, 0.2) is 53.0 Å². The molecule has 3 rings (SSSR count). The predicted octanol–water partition coefficient (Wildman–Crippen LogP) is 3.44. The Morgan fingerprint density at radius 1 is 1.19 bits per heavy atom. The predicted molar refractivity (Wildman–Crippen MR) is 109 cm³/mol. The number of amides is 1. The van der Waals surface area contributed by atoms with Crippen LogP contribution >= 0.6 is 15.9 Å². The zero-order chi connectivity index (χ0) is 19.3. The van der Waals surface area contributed by atoms with E-state index >= 15 is 0 Å². The number of hydrogen-bond donors (Lipinski definition) is 1. The lowest BCUT2D eigenvalue weighted by molar-refractivity contribution is -0.119. The maximum absolute atomic E-state index is 12.3. The molecule has 1 atom stereocenters. The molecule has 2 aromatic rings. The molecule has 27 heavy (non-hydrogen) atoms. The van der Waals surface area contributed by atoms with Crippen molar-refractivity contribution in [2.75, 3.05) is 18.1 Å². The summed E-state index contributed by atoms with van der Waals surface area (Å²) in [7, 11) is -3.44. The summed E-state index contributed by atoms with van der Waals surface area (Å²) in [6.45, 7) is 0.489. The van der Waals surface area contributed by atoms with Crippen molar-refractivity contribution in [3.8, 4) is 5.75 Å². The Balaban J connectivity index is 1.54. The molecular weight excluding hydrogens is 430 g/mol. The molecular formula is C20H22BrNO4S. The van der Waals surface area contributed by atoms with Gasteiger partial charge >= 0.3 is 0 Å². The number of benzene rings is 2. The van der Waals surface area contributed by atoms with Gasteiger partial charge in [0, 0.05) is 16.5 Å². The highest BCUT2D eigenvalue weighted by Crippen LogP contribution is 2.34. The van der Waals surface area contributed by atoms with E-state index in [9.17, 15) is 13.2 Å². The number of carbonyl (C=O) groups is 1. The van der Waals surface area contributed by atoms with Crippen LogP contribution in [-0.4, -0.2) is 32.4 Å². The fourth-order valence-corrected chi connectivity index (χ4v) is 4.75. The highest BCUT2D eigenvalue weighted by molar-refractivity contribution is 9.10. The van der Waals surface area contributed by atoms with Crippen LogP contribution in [0.4, 0.5) is 0 Å². The molecule has 0 spiro atoms. The molecule has 1 amide bonds. The van der Waals surface area contributed by atoms with Gasteiger partial charge in [-0.3, -0.25) is 4.79 Å². The van der Waals surface area contributed by atoms with Gasteiger partial charge in [0.25, 0.3) is 0 Å². The van der Waals surface area contributed by atoms with Crippen molar-refractivity contribution >= 4 is 31.7 Å². The summed E-state index contributed by atoms with van der Waals surface area (Å²) in [6, 6.07) is 15.1. The summed E-state index contributed by atoms with van der Waals surface area (Å²) in [4.78, 5) is 12.3. The molecule has 1 N–H and O–H groups in total. The van der Waals surface area contributed by atoms with Crippen LogP contribution < -0.4 is 10.1 Å². The van der Waals surface area contributed by atoms with Crippen molar-refractivity contribution in [1.82, 2.24) is 5.32 Å². The quantitative estimate of drug-likeness (QED) is 0.699. The number of nitrogens with one attached hydrogen (secondary N) is 1. The number of sulfone groups is 1. The molecule has 0 aliphatic carbocycles. The van der Waals surface area contributed by atoms with Crippen molar-refractivity contribution in [2.45, 2.75) is 25.3 Å². The minimum atomic E-state index is -3.44. The number of aryl methyl sites for hydroxylation is 1. The standard InChI is InChI=1S/C20H22BrNO4S/c21-16-8-9-19-17(13-16)18(10-11-26-19)22-20(23)14-27(24,25)12-4-7-15-5-2-1-3-6-15/h1-3,5-6,8-9,13,18H,4,7,10-12,14H2,(H,22,23). The first kappa shape index (κ1) is 19.9. The molecule has 0 bridgehead atoms. The van der Waals surface area contributed by atoms with E-state index in [-0.39, 0.29) is 11.8 Å². The second-order valence-electron chi connectivity index (χ2n) is 6.62. The van der Waals surface area contributed by atoms with E-state index in [1.165, 1.54) is 0 Å². The third-order valence-corrected chi connectivity index (χ3v) is 6.57. The van der Waals surface area contributed by atoms with E-state index in [4.69, 9.17) is 4.74 Å². The summed E-state index contributed by atoms with van der Waals surface area (Å²) in [6.07, 6.45) is 1.80. The maximum Gasteiger partial charge on any atom is 0.235 e. The zero-order valence-corrected chi connectivity index (χ0v) is 17.3. The van der Waals surface area contributed by atoms with Crippen LogP contribution in [-0.2, 0) is 21.1 Å². The summed E-state index contributed by atoms with van der Waals surface area (Å²) >= 11 is 3.42. The lowest BCUT2D eigenvalue weighted by atomic mass is 10.0. The van der Waals surface area contributed by atoms with Gasteiger partial charge in [-0.15, -0.1) is 0 Å². The van der Waals surface area contributed by atoms with Gasteiger partial charge in [-0.2, -0.15) is 0 Å². The summed E-state index contributed by atoms with van der Waals surface area (Å²) in [5.74, 6) is -0.221. The summed E-state index contributed by atoms with van der Waals surface area (Å²) in [5.41, 5.74) is 1.96. The number of fused-ring (bicyclic) bond motifs is 1. The Morgan fingerprint density at radius 2 is 1.96 bits per heavy atom. The fourth-order valence-electron chi connectivity index (χ4n) is 3.16. The molecule has 7 heteroatoms. The first-order valence-corrected chi connectivity index (χ1v) is 11.5. The Morgan fingerprint density at radius 3 is 2.74 bits per heavy atom. The Labute approximate surface area is 168 Å². The van der Waals surface area contributed by atoms with Crippen molar-refractivity contribution in [3.63, 3.8) is 0 Å². The molecule has 0 fully saturated rings. The minimum absolute atomic E-state index is 0.00519. The molecule has 0 aromatic heterocycles. The van der Waals surface area contributed by atoms with Gasteiger partial charge in [-0.25, -0.2) is 8.42 Å². The average molecular weight is 452 g/mol. The average Bonchev–Trinajstić information content (AvgIpc) is 2.62. The Kier molecular flexibility index (Phi) is 6.55. The molecule has 144 valence electrons. The molecule has 1 aliphatic rings. The van der Waals surface area contributed by atoms with Gasteiger partial charge in [0.05, 0.1) is 18.4 Å². The SMILES string of the molecule is O=C(CS(=O)(=O)CCCc1ccccc1)NC1CCOc2ccc(Br)cc21. The van der Waals surface area contributed by atoms with Gasteiger partial charge in [0.15, 0.2) is 9.84 Å². The van der Waals surface area contributed by atoms with Crippen molar-refractivity contribution in [3.05, 3.63) is 64.1 Å². The third-order valence-electron chi connectivity index (χ3n) is 4.46. The molecule has 0 saturated heterocycles. The molecule has 1 heterocycles. The van der Waals surface area contributed by atoms with E-state index in [1.54, 1.807) is 0 Å². The largest absolute Gasteiger partial charge is 0.493 e. The number of halogens is 1. The molecule has 0 saturated carbocycles. The van der Waals surface area contributed by atoms with Crippen LogP contribution in [0.1, 0.15) is 30.0 Å². The minimum Gasteiger partial charge on any atom is -0.493 e. The second-order valence-corrected chi connectivity index (χ2v) is 9.72. The van der Waals surface area contributed by atoms with Crippen LogP contribution in [0, 0.1) is 0 Å². The van der Waals surface area contributed by atoms with Crippen molar-refractivity contribution < 1.29 is 17.9 Å². The molecule has 1 unspecified atom stereocenters. The zero-order valence-electron chi connectivity index (χ0n) is 14.9. The number of carbonyl (C=O) groups excluding carboxylic acids is 1. The number of hydrogen-bond acceptors (Lipinski definition) is 4. The number of rotatable bonds is 7. The Hall–Kier alpha value is -1.86. The van der Waals surface area contributed by atoms with E-state index in [0.717, 1.165) is 21.3 Å². The summed E-state index contributed by atoms with van der Waals surface area (Å²) < 4.78 is 31.0. The summed E-state index contributed by atoms with van der Waals surface area (Å²) in [5, 5.41) is 2.85. The van der Waals surface area contributed by atoms with Gasteiger partial charge in [-0.1, -0.05) is 46.3 Å².